The number of hydrogen-bond acceptors (Lipinski definition) is 5. The van der Waals surface area contributed by atoms with Crippen LogP contribution >= 0.6 is 0 Å². The second-order valence-corrected chi connectivity index (χ2v) is 7.33. The first-order valence-corrected chi connectivity index (χ1v) is 10.5. The molecule has 0 saturated carbocycles. The molecule has 166 valence electrons. The Morgan fingerprint density at radius 3 is 2.60 bits per heavy atom. The maximum absolute atomic E-state index is 10.7. The quantitative estimate of drug-likeness (QED) is 0.295. The van der Waals surface area contributed by atoms with Crippen molar-refractivity contribution in [3.63, 3.8) is 0 Å². The van der Waals surface area contributed by atoms with E-state index in [4.69, 9.17) is 13.9 Å². The normalized spacial score (nSPS) is 13.6. The van der Waals surface area contributed by atoms with Crippen molar-refractivity contribution in [2.75, 3.05) is 33.4 Å². The Morgan fingerprint density at radius 1 is 1.17 bits per heavy atom. The Morgan fingerprint density at radius 2 is 1.97 bits per heavy atom. The molecular weight excluding hydrogens is 382 g/mol. The highest BCUT2D eigenvalue weighted by Crippen LogP contribution is 2.28. The Balaban J connectivity index is 1.89. The zero-order valence-electron chi connectivity index (χ0n) is 18.7. The number of hydrogen-bond donors (Lipinski definition) is 3. The van der Waals surface area contributed by atoms with Gasteiger partial charge in [-0.05, 0) is 70.4 Å². The van der Waals surface area contributed by atoms with E-state index in [-0.39, 0.29) is 6.54 Å². The van der Waals surface area contributed by atoms with Crippen LogP contribution < -0.4 is 20.1 Å². The number of benzene rings is 1. The maximum atomic E-state index is 10.7. The topological polar surface area (TPSA) is 88.3 Å². The third-order valence-electron chi connectivity index (χ3n) is 4.62. The van der Waals surface area contributed by atoms with Crippen LogP contribution in [0.25, 0.3) is 0 Å². The van der Waals surface area contributed by atoms with E-state index in [1.807, 2.05) is 39.0 Å². The number of aliphatic hydroxyl groups is 1. The van der Waals surface area contributed by atoms with Crippen molar-refractivity contribution in [3.05, 3.63) is 47.4 Å². The third kappa shape index (κ3) is 6.99. The molecule has 0 aliphatic rings. The van der Waals surface area contributed by atoms with Gasteiger partial charge in [0.05, 0.1) is 20.3 Å². The minimum absolute atomic E-state index is 0.200. The summed E-state index contributed by atoms with van der Waals surface area (Å²) < 4.78 is 16.5. The second kappa shape index (κ2) is 11.5. The van der Waals surface area contributed by atoms with E-state index in [2.05, 4.69) is 21.7 Å². The van der Waals surface area contributed by atoms with Gasteiger partial charge >= 0.3 is 0 Å². The second-order valence-electron chi connectivity index (χ2n) is 7.33. The highest BCUT2D eigenvalue weighted by molar-refractivity contribution is 5.79. The molecule has 0 fully saturated rings. The van der Waals surface area contributed by atoms with Crippen LogP contribution in [0.1, 0.15) is 44.3 Å². The summed E-state index contributed by atoms with van der Waals surface area (Å²) in [6.45, 7) is 9.83. The molecule has 1 atom stereocenters. The summed E-state index contributed by atoms with van der Waals surface area (Å²) in [4.78, 5) is 4.52. The molecule has 0 radical (unpaired) electrons. The number of ether oxygens (including phenoxy) is 2. The first kappa shape index (κ1) is 23.6. The van der Waals surface area contributed by atoms with Gasteiger partial charge in [-0.1, -0.05) is 6.07 Å². The van der Waals surface area contributed by atoms with Crippen LogP contribution in [0.3, 0.4) is 0 Å². The number of methoxy groups -OCH3 is 1. The van der Waals surface area contributed by atoms with Gasteiger partial charge in [-0.15, -0.1) is 0 Å². The largest absolute Gasteiger partial charge is 0.493 e. The summed E-state index contributed by atoms with van der Waals surface area (Å²) >= 11 is 0. The number of nitrogens with zero attached hydrogens (tertiary/aromatic N) is 1. The molecule has 2 rings (SSSR count). The van der Waals surface area contributed by atoms with Crippen LogP contribution in [0, 0.1) is 6.92 Å². The predicted molar refractivity (Wildman–Crippen MR) is 119 cm³/mol. The van der Waals surface area contributed by atoms with Crippen LogP contribution in [-0.2, 0) is 12.0 Å². The zero-order valence-corrected chi connectivity index (χ0v) is 18.7. The van der Waals surface area contributed by atoms with Gasteiger partial charge in [-0.3, -0.25) is 0 Å². The SMILES string of the molecule is CCNC(=NCC(C)(O)c1ccc(C)o1)NCCCc1ccc(OC)c(OCC)c1. The summed E-state index contributed by atoms with van der Waals surface area (Å²) in [6.07, 6.45) is 1.83. The van der Waals surface area contributed by atoms with Gasteiger partial charge in [0.25, 0.3) is 0 Å². The molecule has 0 bridgehead atoms. The van der Waals surface area contributed by atoms with E-state index >= 15 is 0 Å². The Labute approximate surface area is 179 Å². The number of aliphatic imine (C=N–C) groups is 1. The van der Waals surface area contributed by atoms with Crippen LogP contribution in [0.4, 0.5) is 0 Å². The third-order valence-corrected chi connectivity index (χ3v) is 4.62. The van der Waals surface area contributed by atoms with Crippen molar-refractivity contribution < 1.29 is 19.0 Å². The molecular formula is C23H35N3O4. The van der Waals surface area contributed by atoms with Gasteiger partial charge in [-0.2, -0.15) is 0 Å². The molecule has 0 saturated heterocycles. The molecule has 7 heteroatoms. The van der Waals surface area contributed by atoms with Gasteiger partial charge in [-0.25, -0.2) is 4.99 Å². The summed E-state index contributed by atoms with van der Waals surface area (Å²) in [5, 5.41) is 17.2. The fourth-order valence-corrected chi connectivity index (χ4v) is 3.02. The smallest absolute Gasteiger partial charge is 0.191 e. The number of nitrogens with one attached hydrogen (secondary N) is 2. The number of aryl methyl sites for hydroxylation is 2. The fraction of sp³-hybridized carbons (Fsp3) is 0.522. The molecule has 3 N–H and O–H groups in total. The molecule has 0 amide bonds. The molecule has 30 heavy (non-hydrogen) atoms. The van der Waals surface area contributed by atoms with Crippen molar-refractivity contribution in [1.29, 1.82) is 0 Å². The standard InChI is InChI=1S/C23H35N3O4/c1-6-24-22(26-16-23(4,27)21-13-10-17(3)30-21)25-14-8-9-18-11-12-19(28-5)20(15-18)29-7-2/h10-13,15,27H,6-9,14,16H2,1-5H3,(H2,24,25,26). The van der Waals surface area contributed by atoms with Crippen molar-refractivity contribution in [2.45, 2.75) is 46.1 Å². The van der Waals surface area contributed by atoms with Crippen LogP contribution in [0.5, 0.6) is 11.5 Å². The monoisotopic (exact) mass is 417 g/mol. The first-order chi connectivity index (χ1) is 14.4. The zero-order chi connectivity index (χ0) is 22.0. The molecule has 7 nitrogen and oxygen atoms in total. The maximum Gasteiger partial charge on any atom is 0.191 e. The average Bonchev–Trinajstić information content (AvgIpc) is 3.17. The minimum atomic E-state index is -1.16. The summed E-state index contributed by atoms with van der Waals surface area (Å²) in [5.74, 6) is 3.48. The minimum Gasteiger partial charge on any atom is -0.493 e. The van der Waals surface area contributed by atoms with Crippen molar-refractivity contribution in [1.82, 2.24) is 10.6 Å². The van der Waals surface area contributed by atoms with E-state index < -0.39 is 5.60 Å². The first-order valence-electron chi connectivity index (χ1n) is 10.5. The lowest BCUT2D eigenvalue weighted by atomic mass is 10.0. The molecule has 0 aliphatic heterocycles. The van der Waals surface area contributed by atoms with Gasteiger partial charge in [0, 0.05) is 13.1 Å². The summed E-state index contributed by atoms with van der Waals surface area (Å²) in [7, 11) is 1.65. The van der Waals surface area contributed by atoms with Crippen LogP contribution in [-0.4, -0.2) is 44.4 Å². The summed E-state index contributed by atoms with van der Waals surface area (Å²) in [5.41, 5.74) is 0.0363. The Hall–Kier alpha value is -2.67. The van der Waals surface area contributed by atoms with Gasteiger partial charge in [0.15, 0.2) is 17.5 Å². The van der Waals surface area contributed by atoms with E-state index in [1.165, 1.54) is 5.56 Å². The highest BCUT2D eigenvalue weighted by Gasteiger charge is 2.26. The molecule has 1 aromatic carbocycles. The average molecular weight is 418 g/mol. The van der Waals surface area contributed by atoms with Gasteiger partial charge < -0.3 is 29.6 Å². The Kier molecular flexibility index (Phi) is 9.05. The summed E-state index contributed by atoms with van der Waals surface area (Å²) in [6, 6.07) is 9.66. The molecule has 0 aliphatic carbocycles. The van der Waals surface area contributed by atoms with E-state index in [0.29, 0.717) is 18.3 Å². The van der Waals surface area contributed by atoms with E-state index in [9.17, 15) is 5.11 Å². The molecule has 2 aromatic rings. The lowest BCUT2D eigenvalue weighted by molar-refractivity contribution is 0.0428. The lowest BCUT2D eigenvalue weighted by Gasteiger charge is -2.19. The Bertz CT molecular complexity index is 815. The van der Waals surface area contributed by atoms with Crippen LogP contribution in [0.15, 0.2) is 39.7 Å². The van der Waals surface area contributed by atoms with Gasteiger partial charge in [0.1, 0.15) is 17.1 Å². The highest BCUT2D eigenvalue weighted by atomic mass is 16.5. The van der Waals surface area contributed by atoms with E-state index in [1.54, 1.807) is 20.1 Å². The fourth-order valence-electron chi connectivity index (χ4n) is 3.02. The van der Waals surface area contributed by atoms with E-state index in [0.717, 1.165) is 43.2 Å². The molecule has 1 unspecified atom stereocenters. The van der Waals surface area contributed by atoms with Gasteiger partial charge in [0.2, 0.25) is 0 Å². The number of furan rings is 1. The number of rotatable bonds is 11. The molecule has 0 spiro atoms. The predicted octanol–water partition coefficient (Wildman–Crippen LogP) is 3.39. The van der Waals surface area contributed by atoms with Crippen LogP contribution in [0.2, 0.25) is 0 Å². The lowest BCUT2D eigenvalue weighted by Crippen LogP contribution is -2.39. The molecule has 1 heterocycles. The van der Waals surface area contributed by atoms with Crippen molar-refractivity contribution in [2.24, 2.45) is 4.99 Å². The van der Waals surface area contributed by atoms with Crippen molar-refractivity contribution >= 4 is 5.96 Å². The number of guanidine groups is 1. The molecule has 1 aromatic heterocycles. The van der Waals surface area contributed by atoms with Crippen molar-refractivity contribution in [3.8, 4) is 11.5 Å².